The second-order valence-corrected chi connectivity index (χ2v) is 5.41. The maximum Gasteiger partial charge on any atom is 0.0439 e. The lowest BCUT2D eigenvalue weighted by Crippen LogP contribution is -2.34. The highest BCUT2D eigenvalue weighted by molar-refractivity contribution is 7.98. The maximum atomic E-state index is 6.09. The molecule has 2 N–H and O–H groups in total. The van der Waals surface area contributed by atoms with E-state index in [1.165, 1.54) is 4.90 Å². The van der Waals surface area contributed by atoms with Crippen molar-refractivity contribution in [2.24, 2.45) is 5.73 Å². The Balaban J connectivity index is 2.95. The van der Waals surface area contributed by atoms with Crippen LogP contribution in [0, 0.1) is 0 Å². The van der Waals surface area contributed by atoms with Gasteiger partial charge in [0.15, 0.2) is 0 Å². The number of hydrogen-bond acceptors (Lipinski definition) is 2. The van der Waals surface area contributed by atoms with Crippen LogP contribution in [0.15, 0.2) is 23.1 Å². The molecule has 0 saturated carbocycles. The molecule has 0 aromatic heterocycles. The monoisotopic (exact) mass is 229 g/mol. The summed E-state index contributed by atoms with van der Waals surface area (Å²) in [6, 6.07) is 6.08. The first kappa shape index (κ1) is 11.9. The van der Waals surface area contributed by atoms with Crippen molar-refractivity contribution in [2.45, 2.75) is 30.7 Å². The Labute approximate surface area is 95.0 Å². The number of thioether (sulfide) groups is 1. The molecule has 1 nitrogen and oxygen atoms in total. The van der Waals surface area contributed by atoms with E-state index in [2.05, 4.69) is 12.3 Å². The van der Waals surface area contributed by atoms with Crippen LogP contribution >= 0.6 is 23.4 Å². The molecule has 1 aromatic carbocycles. The van der Waals surface area contributed by atoms with Gasteiger partial charge in [-0.05, 0) is 50.3 Å². The summed E-state index contributed by atoms with van der Waals surface area (Å²) < 4.78 is 0. The van der Waals surface area contributed by atoms with E-state index in [1.807, 2.05) is 26.0 Å². The Morgan fingerprint density at radius 1 is 1.43 bits per heavy atom. The summed E-state index contributed by atoms with van der Waals surface area (Å²) in [6.45, 7) is 4.02. The van der Waals surface area contributed by atoms with Crippen LogP contribution in [-0.4, -0.2) is 11.8 Å². The lowest BCUT2D eigenvalue weighted by atomic mass is 9.96. The van der Waals surface area contributed by atoms with Gasteiger partial charge in [0.2, 0.25) is 0 Å². The van der Waals surface area contributed by atoms with Crippen LogP contribution in [0.5, 0.6) is 0 Å². The zero-order valence-electron chi connectivity index (χ0n) is 8.80. The molecule has 0 heterocycles. The molecule has 1 aromatic rings. The summed E-state index contributed by atoms with van der Waals surface area (Å²) in [5.41, 5.74) is 6.89. The standard InChI is InChI=1S/C11H16ClNS/c1-11(2,13)7-8-6-9(14-3)4-5-10(8)12/h4-6H,7,13H2,1-3H3. The van der Waals surface area contributed by atoms with E-state index in [9.17, 15) is 0 Å². The van der Waals surface area contributed by atoms with Crippen molar-refractivity contribution in [3.05, 3.63) is 28.8 Å². The first-order valence-corrected chi connectivity index (χ1v) is 6.14. The molecule has 14 heavy (non-hydrogen) atoms. The van der Waals surface area contributed by atoms with Crippen LogP contribution in [0.2, 0.25) is 5.02 Å². The van der Waals surface area contributed by atoms with E-state index >= 15 is 0 Å². The predicted molar refractivity (Wildman–Crippen MR) is 65.2 cm³/mol. The van der Waals surface area contributed by atoms with E-state index in [0.717, 1.165) is 17.0 Å². The molecule has 0 bridgehead atoms. The maximum absolute atomic E-state index is 6.09. The minimum absolute atomic E-state index is 0.208. The van der Waals surface area contributed by atoms with Gasteiger partial charge in [0.05, 0.1) is 0 Å². The van der Waals surface area contributed by atoms with Gasteiger partial charge in [-0.1, -0.05) is 11.6 Å². The van der Waals surface area contributed by atoms with Gasteiger partial charge in [0, 0.05) is 15.5 Å². The summed E-state index contributed by atoms with van der Waals surface area (Å²) in [7, 11) is 0. The molecule has 0 aliphatic rings. The summed E-state index contributed by atoms with van der Waals surface area (Å²) in [4.78, 5) is 1.23. The minimum atomic E-state index is -0.208. The summed E-state index contributed by atoms with van der Waals surface area (Å²) >= 11 is 7.81. The first-order valence-electron chi connectivity index (χ1n) is 4.54. The zero-order valence-corrected chi connectivity index (χ0v) is 10.4. The predicted octanol–water partition coefficient (Wildman–Crippen LogP) is 3.34. The zero-order chi connectivity index (χ0) is 10.8. The molecule has 0 radical (unpaired) electrons. The lowest BCUT2D eigenvalue weighted by molar-refractivity contribution is 0.516. The van der Waals surface area contributed by atoms with Crippen LogP contribution in [0.4, 0.5) is 0 Å². The highest BCUT2D eigenvalue weighted by atomic mass is 35.5. The highest BCUT2D eigenvalue weighted by Gasteiger charge is 2.14. The molecule has 3 heteroatoms. The van der Waals surface area contributed by atoms with Crippen LogP contribution in [0.25, 0.3) is 0 Å². The fraction of sp³-hybridized carbons (Fsp3) is 0.455. The Bertz CT molecular complexity index is 318. The third-order valence-electron chi connectivity index (χ3n) is 1.90. The van der Waals surface area contributed by atoms with Crippen LogP contribution in [-0.2, 0) is 6.42 Å². The fourth-order valence-corrected chi connectivity index (χ4v) is 1.95. The van der Waals surface area contributed by atoms with Gasteiger partial charge in [0.25, 0.3) is 0 Å². The summed E-state index contributed by atoms with van der Waals surface area (Å²) in [6.07, 6.45) is 2.86. The molecule has 0 aliphatic heterocycles. The normalized spacial score (nSPS) is 11.8. The minimum Gasteiger partial charge on any atom is -0.325 e. The second kappa shape index (κ2) is 4.56. The van der Waals surface area contributed by atoms with Gasteiger partial charge in [-0.2, -0.15) is 0 Å². The van der Waals surface area contributed by atoms with Gasteiger partial charge in [-0.3, -0.25) is 0 Å². The molecular weight excluding hydrogens is 214 g/mol. The summed E-state index contributed by atoms with van der Waals surface area (Å²) in [5, 5.41) is 0.807. The lowest BCUT2D eigenvalue weighted by Gasteiger charge is -2.19. The number of hydrogen-bond donors (Lipinski definition) is 1. The van der Waals surface area contributed by atoms with Crippen molar-refractivity contribution in [1.82, 2.24) is 0 Å². The number of rotatable bonds is 3. The van der Waals surface area contributed by atoms with E-state index in [0.29, 0.717) is 0 Å². The molecule has 0 fully saturated rings. The Morgan fingerprint density at radius 3 is 2.57 bits per heavy atom. The van der Waals surface area contributed by atoms with Crippen LogP contribution in [0.1, 0.15) is 19.4 Å². The molecule has 0 unspecified atom stereocenters. The molecule has 0 amide bonds. The van der Waals surface area contributed by atoms with Crippen LogP contribution < -0.4 is 5.73 Å². The Morgan fingerprint density at radius 2 is 2.07 bits per heavy atom. The van der Waals surface area contributed by atoms with E-state index in [4.69, 9.17) is 17.3 Å². The third kappa shape index (κ3) is 3.52. The third-order valence-corrected chi connectivity index (χ3v) is 2.99. The van der Waals surface area contributed by atoms with Crippen LogP contribution in [0.3, 0.4) is 0 Å². The van der Waals surface area contributed by atoms with Crippen molar-refractivity contribution >= 4 is 23.4 Å². The second-order valence-electron chi connectivity index (χ2n) is 4.12. The van der Waals surface area contributed by atoms with Crippen molar-refractivity contribution in [3.63, 3.8) is 0 Å². The van der Waals surface area contributed by atoms with Crippen molar-refractivity contribution < 1.29 is 0 Å². The average molecular weight is 230 g/mol. The van der Waals surface area contributed by atoms with Crippen molar-refractivity contribution in [1.29, 1.82) is 0 Å². The summed E-state index contributed by atoms with van der Waals surface area (Å²) in [5.74, 6) is 0. The SMILES string of the molecule is CSc1ccc(Cl)c(CC(C)(C)N)c1. The average Bonchev–Trinajstić information content (AvgIpc) is 2.06. The van der Waals surface area contributed by atoms with Gasteiger partial charge < -0.3 is 5.73 Å². The largest absolute Gasteiger partial charge is 0.325 e. The smallest absolute Gasteiger partial charge is 0.0439 e. The topological polar surface area (TPSA) is 26.0 Å². The fourth-order valence-electron chi connectivity index (χ4n) is 1.30. The van der Waals surface area contributed by atoms with E-state index < -0.39 is 0 Å². The highest BCUT2D eigenvalue weighted by Crippen LogP contribution is 2.25. The van der Waals surface area contributed by atoms with E-state index in [1.54, 1.807) is 11.8 Å². The quantitative estimate of drug-likeness (QED) is 0.805. The van der Waals surface area contributed by atoms with Gasteiger partial charge >= 0.3 is 0 Å². The van der Waals surface area contributed by atoms with Crippen molar-refractivity contribution in [3.8, 4) is 0 Å². The Hall–Kier alpha value is -0.180. The van der Waals surface area contributed by atoms with E-state index in [-0.39, 0.29) is 5.54 Å². The van der Waals surface area contributed by atoms with Gasteiger partial charge in [0.1, 0.15) is 0 Å². The molecule has 0 spiro atoms. The van der Waals surface area contributed by atoms with Gasteiger partial charge in [-0.15, -0.1) is 11.8 Å². The number of halogens is 1. The molecular formula is C11H16ClNS. The molecule has 78 valence electrons. The first-order chi connectivity index (χ1) is 6.42. The Kier molecular flexibility index (Phi) is 3.87. The molecule has 0 saturated heterocycles. The molecule has 1 rings (SSSR count). The number of benzene rings is 1. The van der Waals surface area contributed by atoms with Crippen molar-refractivity contribution in [2.75, 3.05) is 6.26 Å². The number of nitrogens with two attached hydrogens (primary N) is 1. The van der Waals surface area contributed by atoms with Gasteiger partial charge in [-0.25, -0.2) is 0 Å². The molecule has 0 atom stereocenters. The molecule has 0 aliphatic carbocycles.